The van der Waals surface area contributed by atoms with Crippen LogP contribution in [0.5, 0.6) is 5.75 Å². The van der Waals surface area contributed by atoms with Crippen molar-refractivity contribution in [3.05, 3.63) is 88.4 Å². The van der Waals surface area contributed by atoms with Gasteiger partial charge in [-0.25, -0.2) is 8.42 Å². The Kier molecular flexibility index (Phi) is 10.1. The van der Waals surface area contributed by atoms with Crippen molar-refractivity contribution in [2.24, 2.45) is 0 Å². The van der Waals surface area contributed by atoms with Gasteiger partial charge in [0.05, 0.1) is 17.7 Å². The smallest absolute Gasteiger partial charge is 0.264 e. The number of benzene rings is 3. The summed E-state index contributed by atoms with van der Waals surface area (Å²) in [6.45, 7) is 3.17. The van der Waals surface area contributed by atoms with E-state index in [9.17, 15) is 18.0 Å². The standard InChI is InChI=1S/C31H36BrN3O5S/c1-22-12-18-27(19-13-22)41(38,39)35(28-10-6-7-11-29(28)40-3)21-30(36)34(20-24-14-16-25(32)17-15-24)23(2)31(37)33-26-8-4-5-9-26/h6-7,10-19,23,26H,4-5,8-9,20-21H2,1-3H3,(H,33,37). The predicted molar refractivity (Wildman–Crippen MR) is 163 cm³/mol. The number of para-hydroxylation sites is 2. The van der Waals surface area contributed by atoms with Crippen molar-refractivity contribution >= 4 is 43.5 Å². The summed E-state index contributed by atoms with van der Waals surface area (Å²) in [5.41, 5.74) is 1.95. The largest absolute Gasteiger partial charge is 0.495 e. The summed E-state index contributed by atoms with van der Waals surface area (Å²) in [6, 6.07) is 19.9. The first-order chi connectivity index (χ1) is 19.6. The molecule has 218 valence electrons. The number of amides is 2. The van der Waals surface area contributed by atoms with E-state index in [-0.39, 0.29) is 29.1 Å². The third-order valence-corrected chi connectivity index (χ3v) is 9.68. The molecule has 0 spiro atoms. The first-order valence-corrected chi connectivity index (χ1v) is 15.9. The number of nitrogens with zero attached hydrogens (tertiary/aromatic N) is 2. The van der Waals surface area contributed by atoms with Crippen LogP contribution in [0.1, 0.15) is 43.7 Å². The number of anilines is 1. The summed E-state index contributed by atoms with van der Waals surface area (Å²) in [4.78, 5) is 28.9. The lowest BCUT2D eigenvalue weighted by atomic mass is 10.1. The zero-order valence-electron chi connectivity index (χ0n) is 23.5. The van der Waals surface area contributed by atoms with Crippen LogP contribution in [-0.2, 0) is 26.2 Å². The first kappa shape index (κ1) is 30.6. The van der Waals surface area contributed by atoms with Gasteiger partial charge in [-0.2, -0.15) is 0 Å². The number of hydrogen-bond acceptors (Lipinski definition) is 5. The zero-order chi connectivity index (χ0) is 29.6. The highest BCUT2D eigenvalue weighted by molar-refractivity contribution is 9.10. The number of aryl methyl sites for hydroxylation is 1. The molecular formula is C31H36BrN3O5S. The number of carbonyl (C=O) groups excluding carboxylic acids is 2. The molecule has 8 nitrogen and oxygen atoms in total. The van der Waals surface area contributed by atoms with Crippen molar-refractivity contribution in [3.63, 3.8) is 0 Å². The molecule has 1 saturated carbocycles. The first-order valence-electron chi connectivity index (χ1n) is 13.7. The number of methoxy groups -OCH3 is 1. The molecule has 0 radical (unpaired) electrons. The molecule has 1 N–H and O–H groups in total. The summed E-state index contributed by atoms with van der Waals surface area (Å²) in [5, 5.41) is 3.08. The maximum Gasteiger partial charge on any atom is 0.264 e. The van der Waals surface area contributed by atoms with Crippen LogP contribution in [0.25, 0.3) is 0 Å². The van der Waals surface area contributed by atoms with E-state index < -0.39 is 28.5 Å². The van der Waals surface area contributed by atoms with Crippen molar-refractivity contribution in [2.45, 2.75) is 63.1 Å². The molecule has 1 aliphatic rings. The zero-order valence-corrected chi connectivity index (χ0v) is 25.9. The molecule has 41 heavy (non-hydrogen) atoms. The Hall–Kier alpha value is -3.37. The van der Waals surface area contributed by atoms with E-state index in [2.05, 4.69) is 21.2 Å². The van der Waals surface area contributed by atoms with Gasteiger partial charge in [0.1, 0.15) is 18.3 Å². The number of carbonyl (C=O) groups is 2. The molecule has 1 fully saturated rings. The highest BCUT2D eigenvalue weighted by atomic mass is 79.9. The molecule has 1 aliphatic carbocycles. The Balaban J connectivity index is 1.71. The van der Waals surface area contributed by atoms with Gasteiger partial charge in [-0.15, -0.1) is 0 Å². The third kappa shape index (κ3) is 7.48. The number of hydrogen-bond donors (Lipinski definition) is 1. The Morgan fingerprint density at radius 3 is 2.27 bits per heavy atom. The molecular weight excluding hydrogens is 606 g/mol. The van der Waals surface area contributed by atoms with E-state index in [1.165, 1.54) is 24.1 Å². The van der Waals surface area contributed by atoms with Crippen LogP contribution in [0.3, 0.4) is 0 Å². The Morgan fingerprint density at radius 2 is 1.63 bits per heavy atom. The second-order valence-electron chi connectivity index (χ2n) is 10.3. The van der Waals surface area contributed by atoms with Crippen LogP contribution in [-0.4, -0.2) is 50.9 Å². The maximum atomic E-state index is 14.1. The van der Waals surface area contributed by atoms with Crippen molar-refractivity contribution in [1.29, 1.82) is 0 Å². The van der Waals surface area contributed by atoms with Crippen LogP contribution in [0.2, 0.25) is 0 Å². The summed E-state index contributed by atoms with van der Waals surface area (Å²) >= 11 is 3.43. The summed E-state index contributed by atoms with van der Waals surface area (Å²) in [7, 11) is -2.73. The topological polar surface area (TPSA) is 96.0 Å². The SMILES string of the molecule is COc1ccccc1N(CC(=O)N(Cc1ccc(Br)cc1)C(C)C(=O)NC1CCCC1)S(=O)(=O)c1ccc(C)cc1. The van der Waals surface area contributed by atoms with Crippen LogP contribution >= 0.6 is 15.9 Å². The van der Waals surface area contributed by atoms with Gasteiger partial charge in [0.2, 0.25) is 11.8 Å². The minimum Gasteiger partial charge on any atom is -0.495 e. The predicted octanol–water partition coefficient (Wildman–Crippen LogP) is 5.44. The lowest BCUT2D eigenvalue weighted by Gasteiger charge is -2.32. The van der Waals surface area contributed by atoms with E-state index in [4.69, 9.17) is 4.74 Å². The van der Waals surface area contributed by atoms with E-state index in [0.29, 0.717) is 5.75 Å². The average Bonchev–Trinajstić information content (AvgIpc) is 3.48. The lowest BCUT2D eigenvalue weighted by Crippen LogP contribution is -2.52. The number of halogens is 1. The molecule has 2 amide bonds. The molecule has 0 heterocycles. The molecule has 4 rings (SSSR count). The van der Waals surface area contributed by atoms with E-state index in [1.54, 1.807) is 43.3 Å². The van der Waals surface area contributed by atoms with Gasteiger partial charge >= 0.3 is 0 Å². The second kappa shape index (κ2) is 13.5. The minimum atomic E-state index is -4.18. The van der Waals surface area contributed by atoms with Gasteiger partial charge in [0.15, 0.2) is 0 Å². The molecule has 0 saturated heterocycles. The van der Waals surface area contributed by atoms with Gasteiger partial charge in [0, 0.05) is 17.1 Å². The monoisotopic (exact) mass is 641 g/mol. The van der Waals surface area contributed by atoms with Gasteiger partial charge in [0.25, 0.3) is 10.0 Å². The molecule has 10 heteroatoms. The van der Waals surface area contributed by atoms with Crippen LogP contribution in [0, 0.1) is 6.92 Å². The summed E-state index contributed by atoms with van der Waals surface area (Å²) in [6.07, 6.45) is 3.95. The third-order valence-electron chi connectivity index (χ3n) is 7.38. The average molecular weight is 643 g/mol. The number of nitrogens with one attached hydrogen (secondary N) is 1. The molecule has 0 aromatic heterocycles. The highest BCUT2D eigenvalue weighted by Crippen LogP contribution is 2.32. The van der Waals surface area contributed by atoms with Crippen molar-refractivity contribution in [3.8, 4) is 5.75 Å². The van der Waals surface area contributed by atoms with Gasteiger partial charge < -0.3 is 15.0 Å². The molecule has 3 aromatic rings. The van der Waals surface area contributed by atoms with E-state index in [1.807, 2.05) is 31.2 Å². The fraction of sp³-hybridized carbons (Fsp3) is 0.355. The molecule has 0 aliphatic heterocycles. The fourth-order valence-electron chi connectivity index (χ4n) is 4.95. The van der Waals surface area contributed by atoms with Crippen molar-refractivity contribution < 1.29 is 22.7 Å². The summed E-state index contributed by atoms with van der Waals surface area (Å²) in [5.74, 6) is -0.460. The fourth-order valence-corrected chi connectivity index (χ4v) is 6.64. The molecule has 1 atom stereocenters. The van der Waals surface area contributed by atoms with Crippen LogP contribution < -0.4 is 14.4 Å². The Morgan fingerprint density at radius 1 is 1.00 bits per heavy atom. The minimum absolute atomic E-state index is 0.0493. The second-order valence-corrected chi connectivity index (χ2v) is 13.1. The maximum absolute atomic E-state index is 14.1. The Labute approximate surface area is 250 Å². The quantitative estimate of drug-likeness (QED) is 0.301. The van der Waals surface area contributed by atoms with Gasteiger partial charge in [-0.1, -0.05) is 70.7 Å². The molecule has 3 aromatic carbocycles. The van der Waals surface area contributed by atoms with Crippen molar-refractivity contribution in [2.75, 3.05) is 18.0 Å². The van der Waals surface area contributed by atoms with Crippen LogP contribution in [0.15, 0.2) is 82.2 Å². The molecule has 0 bridgehead atoms. The molecule has 1 unspecified atom stereocenters. The normalized spacial score (nSPS) is 14.3. The van der Waals surface area contributed by atoms with Gasteiger partial charge in [-0.3, -0.25) is 13.9 Å². The van der Waals surface area contributed by atoms with Crippen molar-refractivity contribution in [1.82, 2.24) is 10.2 Å². The van der Waals surface area contributed by atoms with Gasteiger partial charge in [-0.05, 0) is 68.7 Å². The van der Waals surface area contributed by atoms with Crippen LogP contribution in [0.4, 0.5) is 5.69 Å². The van der Waals surface area contributed by atoms with E-state index >= 15 is 0 Å². The number of ether oxygens (including phenoxy) is 1. The number of rotatable bonds is 11. The summed E-state index contributed by atoms with van der Waals surface area (Å²) < 4.78 is 35.5. The Bertz CT molecular complexity index is 1460. The number of sulfonamides is 1. The van der Waals surface area contributed by atoms with E-state index in [0.717, 1.165) is 45.6 Å². The highest BCUT2D eigenvalue weighted by Gasteiger charge is 2.34. The lowest BCUT2D eigenvalue weighted by molar-refractivity contribution is -0.139.